The molecule has 1 aliphatic rings. The van der Waals surface area contributed by atoms with Crippen molar-refractivity contribution >= 4 is 27.0 Å². The molecule has 0 bridgehead atoms. The first-order valence-corrected chi connectivity index (χ1v) is 5.77. The fraction of sp³-hybridized carbons (Fsp3) is 0.273. The van der Waals surface area contributed by atoms with Crippen molar-refractivity contribution in [3.8, 4) is 0 Å². The quantitative estimate of drug-likeness (QED) is 0.791. The zero-order chi connectivity index (χ0) is 10.3. The van der Waals surface area contributed by atoms with Crippen LogP contribution in [0.15, 0.2) is 22.8 Å². The Kier molecular flexibility index (Phi) is 2.18. The molecule has 3 nitrogen and oxygen atoms in total. The highest BCUT2D eigenvalue weighted by Gasteiger charge is 2.11. The third-order valence-electron chi connectivity index (χ3n) is 2.66. The summed E-state index contributed by atoms with van der Waals surface area (Å²) in [7, 11) is 0. The van der Waals surface area contributed by atoms with E-state index in [0.717, 1.165) is 35.0 Å². The molecule has 0 fully saturated rings. The third kappa shape index (κ3) is 1.64. The summed E-state index contributed by atoms with van der Waals surface area (Å²) in [5.41, 5.74) is 3.34. The summed E-state index contributed by atoms with van der Waals surface area (Å²) >= 11 is 3.42. The van der Waals surface area contributed by atoms with Crippen molar-refractivity contribution in [2.45, 2.75) is 13.0 Å². The molecule has 4 heteroatoms. The van der Waals surface area contributed by atoms with Crippen LogP contribution >= 0.6 is 15.9 Å². The zero-order valence-corrected chi connectivity index (χ0v) is 9.71. The summed E-state index contributed by atoms with van der Waals surface area (Å²) in [5.74, 6) is 0. The van der Waals surface area contributed by atoms with Crippen molar-refractivity contribution in [2.75, 3.05) is 6.54 Å². The molecule has 0 spiro atoms. The minimum Gasteiger partial charge on any atom is -0.312 e. The van der Waals surface area contributed by atoms with E-state index >= 15 is 0 Å². The third-order valence-corrected chi connectivity index (χ3v) is 3.09. The van der Waals surface area contributed by atoms with Gasteiger partial charge in [-0.05, 0) is 33.6 Å². The van der Waals surface area contributed by atoms with Crippen LogP contribution in [0.2, 0.25) is 0 Å². The van der Waals surface area contributed by atoms with Crippen LogP contribution in [0.4, 0.5) is 0 Å². The maximum atomic E-state index is 4.58. The molecule has 1 aliphatic heterocycles. The smallest absolute Gasteiger partial charge is 0.159 e. The van der Waals surface area contributed by atoms with Crippen LogP contribution < -0.4 is 5.32 Å². The molecular weight excluding hydrogens is 254 g/mol. The van der Waals surface area contributed by atoms with E-state index in [1.807, 2.05) is 0 Å². The molecule has 76 valence electrons. The standard InChI is InChI=1S/C11H10BrN3/c12-9-4-7-3-8-5-13-2-1-10(8)15-11(7)14-6-9/h3-4,6,13H,1-2,5H2. The minimum atomic E-state index is 0.846. The number of nitrogens with one attached hydrogen (secondary N) is 1. The Morgan fingerprint density at radius 1 is 1.33 bits per heavy atom. The Hall–Kier alpha value is -1.00. The average Bonchev–Trinajstić information content (AvgIpc) is 2.26. The van der Waals surface area contributed by atoms with Crippen LogP contribution in [0.1, 0.15) is 11.3 Å². The van der Waals surface area contributed by atoms with Gasteiger partial charge in [0, 0.05) is 41.3 Å². The number of aromatic nitrogens is 2. The second-order valence-electron chi connectivity index (χ2n) is 3.72. The number of nitrogens with zero attached hydrogens (tertiary/aromatic N) is 2. The summed E-state index contributed by atoms with van der Waals surface area (Å²) in [6, 6.07) is 4.24. The second kappa shape index (κ2) is 3.54. The molecule has 15 heavy (non-hydrogen) atoms. The van der Waals surface area contributed by atoms with Gasteiger partial charge in [0.25, 0.3) is 0 Å². The van der Waals surface area contributed by atoms with E-state index in [-0.39, 0.29) is 0 Å². The maximum Gasteiger partial charge on any atom is 0.159 e. The average molecular weight is 264 g/mol. The van der Waals surface area contributed by atoms with Crippen LogP contribution in [0.3, 0.4) is 0 Å². The number of halogens is 1. The van der Waals surface area contributed by atoms with E-state index in [9.17, 15) is 0 Å². The highest BCUT2D eigenvalue weighted by molar-refractivity contribution is 9.10. The number of hydrogen-bond acceptors (Lipinski definition) is 3. The Morgan fingerprint density at radius 3 is 3.20 bits per heavy atom. The van der Waals surface area contributed by atoms with Gasteiger partial charge in [-0.25, -0.2) is 9.97 Å². The number of pyridine rings is 2. The lowest BCUT2D eigenvalue weighted by atomic mass is 10.1. The number of rotatable bonds is 0. The molecule has 2 aromatic heterocycles. The van der Waals surface area contributed by atoms with E-state index in [0.29, 0.717) is 0 Å². The van der Waals surface area contributed by atoms with Crippen molar-refractivity contribution in [1.29, 1.82) is 0 Å². The second-order valence-corrected chi connectivity index (χ2v) is 4.64. The van der Waals surface area contributed by atoms with E-state index in [4.69, 9.17) is 0 Å². The molecule has 0 saturated heterocycles. The van der Waals surface area contributed by atoms with Crippen molar-refractivity contribution in [2.24, 2.45) is 0 Å². The van der Waals surface area contributed by atoms with Gasteiger partial charge >= 0.3 is 0 Å². The van der Waals surface area contributed by atoms with Gasteiger partial charge in [-0.1, -0.05) is 0 Å². The molecule has 0 amide bonds. The summed E-state index contributed by atoms with van der Waals surface area (Å²) in [5, 5.41) is 4.45. The molecule has 3 rings (SSSR count). The summed E-state index contributed by atoms with van der Waals surface area (Å²) in [6.45, 7) is 1.94. The van der Waals surface area contributed by atoms with Crippen LogP contribution in [0.25, 0.3) is 11.0 Å². The SMILES string of the molecule is Brc1cnc2nc3c(cc2c1)CNCC3. The van der Waals surface area contributed by atoms with Gasteiger partial charge in [-0.3, -0.25) is 0 Å². The van der Waals surface area contributed by atoms with E-state index < -0.39 is 0 Å². The number of fused-ring (bicyclic) bond motifs is 2. The lowest BCUT2D eigenvalue weighted by molar-refractivity contribution is 0.632. The molecule has 2 aromatic rings. The Labute approximate surface area is 96.1 Å². The van der Waals surface area contributed by atoms with Gasteiger partial charge in [0.2, 0.25) is 0 Å². The molecule has 0 aliphatic carbocycles. The highest BCUT2D eigenvalue weighted by atomic mass is 79.9. The minimum absolute atomic E-state index is 0.846. The van der Waals surface area contributed by atoms with Gasteiger partial charge in [-0.15, -0.1) is 0 Å². The van der Waals surface area contributed by atoms with Gasteiger partial charge in [-0.2, -0.15) is 0 Å². The largest absolute Gasteiger partial charge is 0.312 e. The summed E-state index contributed by atoms with van der Waals surface area (Å²) < 4.78 is 1.00. The van der Waals surface area contributed by atoms with Crippen LogP contribution in [-0.2, 0) is 13.0 Å². The van der Waals surface area contributed by atoms with Crippen molar-refractivity contribution < 1.29 is 0 Å². The molecule has 0 atom stereocenters. The molecule has 0 unspecified atom stereocenters. The van der Waals surface area contributed by atoms with Crippen molar-refractivity contribution in [3.05, 3.63) is 34.1 Å². The van der Waals surface area contributed by atoms with E-state index in [1.165, 1.54) is 11.3 Å². The van der Waals surface area contributed by atoms with Gasteiger partial charge in [0.1, 0.15) is 0 Å². The fourth-order valence-corrected chi connectivity index (χ4v) is 2.27. The molecule has 0 saturated carbocycles. The Bertz CT molecular complexity index is 524. The van der Waals surface area contributed by atoms with E-state index in [2.05, 4.69) is 43.3 Å². The van der Waals surface area contributed by atoms with Gasteiger partial charge in [0.15, 0.2) is 5.65 Å². The topological polar surface area (TPSA) is 37.8 Å². The monoisotopic (exact) mass is 263 g/mol. The van der Waals surface area contributed by atoms with Crippen LogP contribution in [0.5, 0.6) is 0 Å². The highest BCUT2D eigenvalue weighted by Crippen LogP contribution is 2.20. The van der Waals surface area contributed by atoms with Gasteiger partial charge < -0.3 is 5.32 Å². The summed E-state index contributed by atoms with van der Waals surface area (Å²) in [6.07, 6.45) is 2.80. The Morgan fingerprint density at radius 2 is 2.27 bits per heavy atom. The van der Waals surface area contributed by atoms with Crippen LogP contribution in [0, 0.1) is 0 Å². The predicted octanol–water partition coefficient (Wildman–Crippen LogP) is 2.04. The maximum absolute atomic E-state index is 4.58. The normalized spacial score (nSPS) is 15.3. The predicted molar refractivity (Wildman–Crippen MR) is 62.6 cm³/mol. The van der Waals surface area contributed by atoms with Crippen LogP contribution in [-0.4, -0.2) is 16.5 Å². The van der Waals surface area contributed by atoms with Crippen molar-refractivity contribution in [1.82, 2.24) is 15.3 Å². The molecule has 3 heterocycles. The molecule has 0 aromatic carbocycles. The lowest BCUT2D eigenvalue weighted by Gasteiger charge is -2.16. The zero-order valence-electron chi connectivity index (χ0n) is 8.13. The van der Waals surface area contributed by atoms with Gasteiger partial charge in [0.05, 0.1) is 0 Å². The first kappa shape index (κ1) is 9.24. The Balaban J connectivity index is 2.26. The lowest BCUT2D eigenvalue weighted by Crippen LogP contribution is -2.24. The first-order chi connectivity index (χ1) is 7.33. The first-order valence-electron chi connectivity index (χ1n) is 4.98. The fourth-order valence-electron chi connectivity index (χ4n) is 1.92. The van der Waals surface area contributed by atoms with E-state index in [1.54, 1.807) is 6.20 Å². The summed E-state index contributed by atoms with van der Waals surface area (Å²) in [4.78, 5) is 8.90. The molecular formula is C11H10BrN3. The molecule has 0 radical (unpaired) electrons. The van der Waals surface area contributed by atoms with Crippen molar-refractivity contribution in [3.63, 3.8) is 0 Å². The molecule has 1 N–H and O–H groups in total. The number of hydrogen-bond donors (Lipinski definition) is 1.